The van der Waals surface area contributed by atoms with Gasteiger partial charge in [0.25, 0.3) is 0 Å². The molecule has 2 unspecified atom stereocenters. The van der Waals surface area contributed by atoms with Crippen LogP contribution in [0.4, 0.5) is 0 Å². The lowest BCUT2D eigenvalue weighted by Crippen LogP contribution is -2.59. The summed E-state index contributed by atoms with van der Waals surface area (Å²) in [5.74, 6) is 1.77. The van der Waals surface area contributed by atoms with Gasteiger partial charge >= 0.3 is 0 Å². The van der Waals surface area contributed by atoms with E-state index in [2.05, 4.69) is 34.5 Å². The second-order valence-corrected chi connectivity index (χ2v) is 9.61. The smallest absolute Gasteiger partial charge is 0.225 e. The van der Waals surface area contributed by atoms with Gasteiger partial charge in [-0.3, -0.25) is 9.69 Å². The van der Waals surface area contributed by atoms with Crippen molar-refractivity contribution in [2.45, 2.75) is 69.1 Å². The Morgan fingerprint density at radius 1 is 0.968 bits per heavy atom. The first kappa shape index (κ1) is 21.2. The van der Waals surface area contributed by atoms with Gasteiger partial charge in [-0.15, -0.1) is 0 Å². The van der Waals surface area contributed by atoms with Gasteiger partial charge in [0.2, 0.25) is 5.91 Å². The summed E-state index contributed by atoms with van der Waals surface area (Å²) in [6.07, 6.45) is 7.77. The number of para-hydroxylation sites is 1. The minimum Gasteiger partial charge on any atom is -0.492 e. The van der Waals surface area contributed by atoms with Crippen molar-refractivity contribution in [1.82, 2.24) is 10.2 Å². The molecule has 0 aromatic heterocycles. The lowest BCUT2D eigenvalue weighted by molar-refractivity contribution is -0.127. The van der Waals surface area contributed by atoms with Crippen molar-refractivity contribution < 1.29 is 19.0 Å². The molecule has 1 amide bonds. The van der Waals surface area contributed by atoms with E-state index in [1.807, 2.05) is 0 Å². The molecule has 6 rings (SSSR count). The number of fused-ring (bicyclic) bond motifs is 5. The zero-order valence-corrected chi connectivity index (χ0v) is 18.5. The van der Waals surface area contributed by atoms with E-state index in [4.69, 9.17) is 14.2 Å². The van der Waals surface area contributed by atoms with Crippen molar-refractivity contribution in [2.75, 3.05) is 39.5 Å². The van der Waals surface area contributed by atoms with Crippen LogP contribution in [0.3, 0.4) is 0 Å². The number of hydrogen-bond acceptors (Lipinski definition) is 5. The number of hydrogen-bond donors (Lipinski definition) is 1. The molecule has 0 radical (unpaired) electrons. The average molecular weight is 429 g/mol. The Bertz CT molecular complexity index is 743. The van der Waals surface area contributed by atoms with Crippen LogP contribution >= 0.6 is 0 Å². The van der Waals surface area contributed by atoms with E-state index in [1.54, 1.807) is 0 Å². The summed E-state index contributed by atoms with van der Waals surface area (Å²) >= 11 is 0. The molecule has 1 aliphatic carbocycles. The Labute approximate surface area is 185 Å². The topological polar surface area (TPSA) is 60.0 Å². The molecule has 1 aromatic carbocycles. The van der Waals surface area contributed by atoms with E-state index in [0.717, 1.165) is 63.8 Å². The van der Waals surface area contributed by atoms with E-state index < -0.39 is 0 Å². The third-order valence-electron chi connectivity index (χ3n) is 7.69. The summed E-state index contributed by atoms with van der Waals surface area (Å²) in [7, 11) is 0. The number of ether oxygens (including phenoxy) is 3. The summed E-state index contributed by atoms with van der Waals surface area (Å²) in [6, 6.07) is 8.91. The third kappa shape index (κ3) is 4.91. The lowest BCUT2D eigenvalue weighted by Gasteiger charge is -2.42. The van der Waals surface area contributed by atoms with Crippen molar-refractivity contribution in [3.63, 3.8) is 0 Å². The first-order valence-electron chi connectivity index (χ1n) is 12.2. The molecule has 5 aliphatic rings. The lowest BCUT2D eigenvalue weighted by atomic mass is 9.82. The summed E-state index contributed by atoms with van der Waals surface area (Å²) in [6.45, 7) is 4.50. The van der Waals surface area contributed by atoms with Gasteiger partial charge in [-0.25, -0.2) is 0 Å². The van der Waals surface area contributed by atoms with E-state index >= 15 is 0 Å². The third-order valence-corrected chi connectivity index (χ3v) is 7.69. The highest BCUT2D eigenvalue weighted by Gasteiger charge is 2.36. The molecular formula is C25H36N2O4. The molecule has 3 atom stereocenters. The van der Waals surface area contributed by atoms with Crippen molar-refractivity contribution >= 4 is 5.91 Å². The first-order chi connectivity index (χ1) is 15.3. The second kappa shape index (κ2) is 9.88. The highest BCUT2D eigenvalue weighted by Crippen LogP contribution is 2.38. The second-order valence-electron chi connectivity index (χ2n) is 9.61. The van der Waals surface area contributed by atoms with Gasteiger partial charge in [-0.1, -0.05) is 18.2 Å². The highest BCUT2D eigenvalue weighted by atomic mass is 16.5. The molecule has 2 saturated heterocycles. The zero-order chi connectivity index (χ0) is 21.0. The normalized spacial score (nSPS) is 34.4. The zero-order valence-electron chi connectivity index (χ0n) is 18.5. The monoisotopic (exact) mass is 428 g/mol. The number of carbonyl (C=O) groups is 1. The first-order valence-corrected chi connectivity index (χ1v) is 12.2. The van der Waals surface area contributed by atoms with Gasteiger partial charge in [-0.05, 0) is 69.0 Å². The van der Waals surface area contributed by atoms with E-state index in [0.29, 0.717) is 38.4 Å². The quantitative estimate of drug-likeness (QED) is 0.784. The minimum atomic E-state index is 0.00108. The number of rotatable bonds is 2. The molecule has 3 fully saturated rings. The molecule has 1 aromatic rings. The number of nitrogens with one attached hydrogen (secondary N) is 1. The van der Waals surface area contributed by atoms with E-state index in [-0.39, 0.29) is 23.9 Å². The summed E-state index contributed by atoms with van der Waals surface area (Å²) in [5, 5.41) is 3.36. The molecular weight excluding hydrogens is 392 g/mol. The van der Waals surface area contributed by atoms with Gasteiger partial charge in [0.05, 0.1) is 31.3 Å². The summed E-state index contributed by atoms with van der Waals surface area (Å²) < 4.78 is 18.2. The maximum atomic E-state index is 12.8. The predicted octanol–water partition coefficient (Wildman–Crippen LogP) is 3.11. The number of amides is 1. The highest BCUT2D eigenvalue weighted by molar-refractivity contribution is 5.79. The Balaban J connectivity index is 1.31. The molecule has 6 heteroatoms. The van der Waals surface area contributed by atoms with Crippen LogP contribution in [0.1, 0.15) is 56.4 Å². The van der Waals surface area contributed by atoms with Crippen LogP contribution in [0.25, 0.3) is 0 Å². The van der Waals surface area contributed by atoms with Crippen LogP contribution < -0.4 is 10.1 Å². The fourth-order valence-electron chi connectivity index (χ4n) is 5.83. The summed E-state index contributed by atoms with van der Waals surface area (Å²) in [4.78, 5) is 15.3. The van der Waals surface area contributed by atoms with Crippen LogP contribution in [0.2, 0.25) is 0 Å². The SMILES string of the molecule is O=C(N[C@H]1CCCN2CCOc3ccccc3C3CCC(CC3)OCC12)C1CCOC1. The van der Waals surface area contributed by atoms with Gasteiger partial charge < -0.3 is 19.5 Å². The molecule has 4 heterocycles. The van der Waals surface area contributed by atoms with Crippen LogP contribution in [-0.4, -0.2) is 68.5 Å². The molecule has 31 heavy (non-hydrogen) atoms. The Kier molecular flexibility index (Phi) is 6.77. The van der Waals surface area contributed by atoms with E-state index in [9.17, 15) is 4.79 Å². The number of carbonyl (C=O) groups excluding carboxylic acids is 1. The van der Waals surface area contributed by atoms with Gasteiger partial charge in [0, 0.05) is 19.2 Å². The number of nitrogens with zero attached hydrogens (tertiary/aromatic N) is 1. The van der Waals surface area contributed by atoms with Gasteiger partial charge in [-0.2, -0.15) is 0 Å². The van der Waals surface area contributed by atoms with Crippen molar-refractivity contribution in [3.05, 3.63) is 29.8 Å². The van der Waals surface area contributed by atoms with Crippen LogP contribution in [0.5, 0.6) is 5.75 Å². The number of piperidine rings is 1. The largest absolute Gasteiger partial charge is 0.492 e. The molecule has 0 spiro atoms. The standard InChI is InChI=1S/C25H36N2O4/c28-25(19-11-14-29-16-19)26-22-5-3-12-27-13-15-30-24-6-2-1-4-21(24)18-7-9-20(10-8-18)31-17-23(22)27/h1-2,4,6,18-20,22-23H,3,5,7-17H2,(H,26,28)/t18?,19?,20?,22-,23?/m0/s1. The molecule has 1 saturated carbocycles. The van der Waals surface area contributed by atoms with Gasteiger partial charge in [0.15, 0.2) is 0 Å². The molecule has 6 nitrogen and oxygen atoms in total. The summed E-state index contributed by atoms with van der Waals surface area (Å²) in [5.41, 5.74) is 1.36. The van der Waals surface area contributed by atoms with Crippen LogP contribution in [0, 0.1) is 5.92 Å². The van der Waals surface area contributed by atoms with Crippen molar-refractivity contribution in [3.8, 4) is 5.75 Å². The fraction of sp³-hybridized carbons (Fsp3) is 0.720. The molecule has 2 bridgehead atoms. The fourth-order valence-corrected chi connectivity index (χ4v) is 5.83. The Morgan fingerprint density at radius 2 is 1.84 bits per heavy atom. The Hall–Kier alpha value is -1.63. The Morgan fingerprint density at radius 3 is 2.68 bits per heavy atom. The molecule has 1 N–H and O–H groups in total. The molecule has 170 valence electrons. The predicted molar refractivity (Wildman–Crippen MR) is 118 cm³/mol. The van der Waals surface area contributed by atoms with Crippen LogP contribution in [0.15, 0.2) is 24.3 Å². The average Bonchev–Trinajstić information content (AvgIpc) is 3.35. The minimum absolute atomic E-state index is 0.00108. The molecule has 4 aliphatic heterocycles. The number of benzene rings is 1. The maximum Gasteiger partial charge on any atom is 0.225 e. The maximum absolute atomic E-state index is 12.8. The van der Waals surface area contributed by atoms with Crippen LogP contribution in [-0.2, 0) is 14.3 Å². The van der Waals surface area contributed by atoms with Crippen molar-refractivity contribution in [2.24, 2.45) is 5.92 Å². The van der Waals surface area contributed by atoms with Crippen molar-refractivity contribution in [1.29, 1.82) is 0 Å². The van der Waals surface area contributed by atoms with Gasteiger partial charge in [0.1, 0.15) is 12.4 Å². The van der Waals surface area contributed by atoms with E-state index in [1.165, 1.54) is 5.56 Å².